The van der Waals surface area contributed by atoms with E-state index in [2.05, 4.69) is 0 Å². The van der Waals surface area contributed by atoms with Crippen LogP contribution in [0.4, 0.5) is 0 Å². The quantitative estimate of drug-likeness (QED) is 0.660. The molecule has 4 nitrogen and oxygen atoms in total. The van der Waals surface area contributed by atoms with Gasteiger partial charge in [0.25, 0.3) is 5.56 Å². The first-order chi connectivity index (χ1) is 5.54. The molecule has 0 aliphatic heterocycles. The Labute approximate surface area is 73.0 Å². The van der Waals surface area contributed by atoms with E-state index < -0.39 is 11.5 Å². The molecule has 0 bridgehead atoms. The summed E-state index contributed by atoms with van der Waals surface area (Å²) in [5.41, 5.74) is -0.878. The smallest absolute Gasteiger partial charge is 0.341 e. The SMILES string of the molecule is Cn1c(Cl)ccc(C(=O)O)c1=O. The van der Waals surface area contributed by atoms with E-state index >= 15 is 0 Å². The summed E-state index contributed by atoms with van der Waals surface area (Å²) >= 11 is 5.56. The molecule has 1 aromatic heterocycles. The minimum atomic E-state index is -1.24. The van der Waals surface area contributed by atoms with Crippen LogP contribution in [-0.4, -0.2) is 15.6 Å². The van der Waals surface area contributed by atoms with Crippen molar-refractivity contribution >= 4 is 17.6 Å². The second kappa shape index (κ2) is 2.98. The molecule has 12 heavy (non-hydrogen) atoms. The topological polar surface area (TPSA) is 59.3 Å². The molecule has 5 heteroatoms. The molecule has 0 spiro atoms. The van der Waals surface area contributed by atoms with Gasteiger partial charge >= 0.3 is 5.97 Å². The second-order valence-electron chi connectivity index (χ2n) is 2.24. The van der Waals surface area contributed by atoms with Gasteiger partial charge in [0.1, 0.15) is 10.7 Å². The molecule has 0 aliphatic carbocycles. The zero-order valence-corrected chi connectivity index (χ0v) is 7.00. The summed E-state index contributed by atoms with van der Waals surface area (Å²) in [6, 6.07) is 2.55. The number of hydrogen-bond donors (Lipinski definition) is 1. The summed E-state index contributed by atoms with van der Waals surface area (Å²) in [5.74, 6) is -1.24. The molecule has 0 saturated carbocycles. The average molecular weight is 188 g/mol. The van der Waals surface area contributed by atoms with Crippen LogP contribution >= 0.6 is 11.6 Å². The highest BCUT2D eigenvalue weighted by Crippen LogP contribution is 2.04. The highest BCUT2D eigenvalue weighted by atomic mass is 35.5. The minimum Gasteiger partial charge on any atom is -0.477 e. The van der Waals surface area contributed by atoms with Gasteiger partial charge in [-0.2, -0.15) is 0 Å². The second-order valence-corrected chi connectivity index (χ2v) is 2.63. The largest absolute Gasteiger partial charge is 0.477 e. The van der Waals surface area contributed by atoms with Crippen LogP contribution in [0.2, 0.25) is 5.15 Å². The predicted octanol–water partition coefficient (Wildman–Crippen LogP) is 0.737. The van der Waals surface area contributed by atoms with Crippen molar-refractivity contribution < 1.29 is 9.90 Å². The molecule has 1 aromatic rings. The number of aromatic carboxylic acids is 1. The third-order valence-electron chi connectivity index (χ3n) is 1.47. The van der Waals surface area contributed by atoms with Crippen molar-refractivity contribution in [1.82, 2.24) is 4.57 Å². The van der Waals surface area contributed by atoms with E-state index in [9.17, 15) is 9.59 Å². The maximum Gasteiger partial charge on any atom is 0.341 e. The van der Waals surface area contributed by atoms with Crippen LogP contribution in [0.5, 0.6) is 0 Å². The molecule has 0 amide bonds. The van der Waals surface area contributed by atoms with Gasteiger partial charge in [0.2, 0.25) is 0 Å². The molecule has 64 valence electrons. The number of hydrogen-bond acceptors (Lipinski definition) is 2. The fourth-order valence-corrected chi connectivity index (χ4v) is 0.915. The zero-order chi connectivity index (χ0) is 9.30. The molecule has 1 rings (SSSR count). The number of halogens is 1. The number of carbonyl (C=O) groups is 1. The van der Waals surface area contributed by atoms with Crippen molar-refractivity contribution in [3.05, 3.63) is 33.2 Å². The zero-order valence-electron chi connectivity index (χ0n) is 6.24. The van der Waals surface area contributed by atoms with Gasteiger partial charge in [-0.3, -0.25) is 4.79 Å². The molecular formula is C7H6ClNO3. The summed E-state index contributed by atoms with van der Waals surface area (Å²) in [5, 5.41) is 8.74. The minimum absolute atomic E-state index is 0.213. The Hall–Kier alpha value is -1.29. The fraction of sp³-hybridized carbons (Fsp3) is 0.143. The van der Waals surface area contributed by atoms with Gasteiger partial charge in [0.05, 0.1) is 0 Å². The highest BCUT2D eigenvalue weighted by Gasteiger charge is 2.10. The van der Waals surface area contributed by atoms with Crippen LogP contribution in [0.15, 0.2) is 16.9 Å². The molecule has 0 aliphatic rings. The molecule has 0 fully saturated rings. The van der Waals surface area contributed by atoms with E-state index in [1.54, 1.807) is 0 Å². The Bertz CT molecular complexity index is 383. The molecule has 0 saturated heterocycles. The fourth-order valence-electron chi connectivity index (χ4n) is 0.776. The first-order valence-electron chi connectivity index (χ1n) is 3.13. The summed E-state index contributed by atoms with van der Waals surface area (Å²) < 4.78 is 1.07. The van der Waals surface area contributed by atoms with Crippen LogP contribution < -0.4 is 5.56 Å². The number of rotatable bonds is 1. The normalized spacial score (nSPS) is 9.83. The summed E-state index contributed by atoms with van der Waals surface area (Å²) in [6.45, 7) is 0. The summed E-state index contributed by atoms with van der Waals surface area (Å²) in [6.07, 6.45) is 0. The van der Waals surface area contributed by atoms with Gasteiger partial charge in [-0.15, -0.1) is 0 Å². The number of aromatic nitrogens is 1. The first-order valence-corrected chi connectivity index (χ1v) is 3.50. The van der Waals surface area contributed by atoms with Crippen LogP contribution in [0, 0.1) is 0 Å². The molecular weight excluding hydrogens is 182 g/mol. The van der Waals surface area contributed by atoms with Gasteiger partial charge in [0.15, 0.2) is 0 Å². The number of pyridine rings is 1. The van der Waals surface area contributed by atoms with Gasteiger partial charge in [0, 0.05) is 7.05 Å². The van der Waals surface area contributed by atoms with E-state index in [-0.39, 0.29) is 10.7 Å². The lowest BCUT2D eigenvalue weighted by Crippen LogP contribution is -2.24. The van der Waals surface area contributed by atoms with Crippen LogP contribution in [-0.2, 0) is 7.05 Å². The average Bonchev–Trinajstić information content (AvgIpc) is 2.00. The highest BCUT2D eigenvalue weighted by molar-refractivity contribution is 6.29. The third kappa shape index (κ3) is 1.33. The van der Waals surface area contributed by atoms with Crippen molar-refractivity contribution in [2.24, 2.45) is 7.05 Å². The Morgan fingerprint density at radius 3 is 2.67 bits per heavy atom. The van der Waals surface area contributed by atoms with Crippen molar-refractivity contribution in [1.29, 1.82) is 0 Å². The van der Waals surface area contributed by atoms with Gasteiger partial charge < -0.3 is 9.67 Å². The summed E-state index contributed by atoms with van der Waals surface area (Å²) in [7, 11) is 1.41. The lowest BCUT2D eigenvalue weighted by atomic mass is 10.3. The van der Waals surface area contributed by atoms with Crippen molar-refractivity contribution in [2.75, 3.05) is 0 Å². The van der Waals surface area contributed by atoms with Crippen LogP contribution in [0.25, 0.3) is 0 Å². The van der Waals surface area contributed by atoms with E-state index in [0.717, 1.165) is 4.57 Å². The predicted molar refractivity (Wildman–Crippen MR) is 43.7 cm³/mol. The molecule has 1 heterocycles. The lowest BCUT2D eigenvalue weighted by Gasteiger charge is -2.00. The van der Waals surface area contributed by atoms with Crippen LogP contribution in [0.1, 0.15) is 10.4 Å². The van der Waals surface area contributed by atoms with Crippen LogP contribution in [0.3, 0.4) is 0 Å². The van der Waals surface area contributed by atoms with E-state index in [1.165, 1.54) is 19.2 Å². The van der Waals surface area contributed by atoms with Crippen molar-refractivity contribution in [2.45, 2.75) is 0 Å². The van der Waals surface area contributed by atoms with Crippen molar-refractivity contribution in [3.63, 3.8) is 0 Å². The van der Waals surface area contributed by atoms with E-state index in [4.69, 9.17) is 16.7 Å². The molecule has 0 radical (unpaired) electrons. The Morgan fingerprint density at radius 2 is 2.17 bits per heavy atom. The van der Waals surface area contributed by atoms with Gasteiger partial charge in [-0.05, 0) is 12.1 Å². The first kappa shape index (κ1) is 8.80. The third-order valence-corrected chi connectivity index (χ3v) is 1.85. The Balaban J connectivity index is 3.47. The Kier molecular flexibility index (Phi) is 2.19. The molecule has 0 aromatic carbocycles. The maximum absolute atomic E-state index is 11.1. The van der Waals surface area contributed by atoms with Gasteiger partial charge in [-0.25, -0.2) is 4.79 Å². The van der Waals surface area contributed by atoms with E-state index in [0.29, 0.717) is 0 Å². The number of carboxylic acid groups (broad SMARTS) is 1. The van der Waals surface area contributed by atoms with Gasteiger partial charge in [-0.1, -0.05) is 11.6 Å². The molecule has 0 unspecified atom stereocenters. The lowest BCUT2D eigenvalue weighted by molar-refractivity contribution is 0.0694. The number of nitrogens with zero attached hydrogens (tertiary/aromatic N) is 1. The standard InChI is InChI=1S/C7H6ClNO3/c1-9-5(8)3-2-4(6(9)10)7(11)12/h2-3H,1H3,(H,11,12). The monoisotopic (exact) mass is 187 g/mol. The van der Waals surface area contributed by atoms with E-state index in [1.807, 2.05) is 0 Å². The number of carboxylic acids is 1. The van der Waals surface area contributed by atoms with Crippen molar-refractivity contribution in [3.8, 4) is 0 Å². The summed E-state index contributed by atoms with van der Waals surface area (Å²) in [4.78, 5) is 21.6. The molecule has 1 N–H and O–H groups in total. The Morgan fingerprint density at radius 1 is 1.58 bits per heavy atom. The molecule has 0 atom stereocenters. The maximum atomic E-state index is 11.1.